The Bertz CT molecular complexity index is 931. The number of amides is 2. The lowest BCUT2D eigenvalue weighted by Crippen LogP contribution is -2.42. The Morgan fingerprint density at radius 1 is 1.03 bits per heavy atom. The van der Waals surface area contributed by atoms with Crippen molar-refractivity contribution in [2.24, 2.45) is 0 Å². The quantitative estimate of drug-likeness (QED) is 0.424. The molecule has 0 spiro atoms. The van der Waals surface area contributed by atoms with Crippen LogP contribution >= 0.6 is 0 Å². The monoisotopic (exact) mass is 454 g/mol. The molecule has 1 aliphatic carbocycles. The third-order valence-corrected chi connectivity index (χ3v) is 5.57. The van der Waals surface area contributed by atoms with Gasteiger partial charge < -0.3 is 25.2 Å². The van der Waals surface area contributed by atoms with Crippen molar-refractivity contribution in [3.63, 3.8) is 0 Å². The van der Waals surface area contributed by atoms with Crippen LogP contribution in [0.5, 0.6) is 0 Å². The van der Waals surface area contributed by atoms with Crippen molar-refractivity contribution in [1.82, 2.24) is 10.6 Å². The van der Waals surface area contributed by atoms with Gasteiger partial charge in [0.15, 0.2) is 0 Å². The molecule has 0 aliphatic heterocycles. The molecule has 2 aromatic carbocycles. The van der Waals surface area contributed by atoms with E-state index in [1.54, 1.807) is 0 Å². The highest BCUT2D eigenvalue weighted by Gasteiger charge is 2.29. The van der Waals surface area contributed by atoms with E-state index >= 15 is 0 Å². The predicted molar refractivity (Wildman–Crippen MR) is 123 cm³/mol. The molecule has 0 saturated carbocycles. The number of fused-ring (bicyclic) bond motifs is 3. The van der Waals surface area contributed by atoms with E-state index in [-0.39, 0.29) is 32.3 Å². The molecule has 1 unspecified atom stereocenters. The first-order chi connectivity index (χ1) is 16.0. The molecule has 2 amide bonds. The number of hydrogen-bond donors (Lipinski definition) is 3. The lowest BCUT2D eigenvalue weighted by Gasteiger charge is -2.15. The van der Waals surface area contributed by atoms with Crippen LogP contribution in [-0.4, -0.2) is 55.5 Å². The highest BCUT2D eigenvalue weighted by molar-refractivity contribution is 5.84. The zero-order chi connectivity index (χ0) is 23.6. The van der Waals surface area contributed by atoms with Crippen molar-refractivity contribution in [2.45, 2.75) is 38.1 Å². The normalized spacial score (nSPS) is 13.0. The second-order valence-electron chi connectivity index (χ2n) is 7.91. The average Bonchev–Trinajstić information content (AvgIpc) is 3.13. The first kappa shape index (κ1) is 24.3. The minimum absolute atomic E-state index is 0.0158. The molecule has 3 rings (SSSR count). The van der Waals surface area contributed by atoms with Gasteiger partial charge in [0.05, 0.1) is 6.61 Å². The average molecular weight is 455 g/mol. The van der Waals surface area contributed by atoms with E-state index in [0.29, 0.717) is 12.8 Å². The topological polar surface area (TPSA) is 114 Å². The zero-order valence-corrected chi connectivity index (χ0v) is 18.7. The smallest absolute Gasteiger partial charge is 0.407 e. The summed E-state index contributed by atoms with van der Waals surface area (Å²) in [5.74, 6) is -1.58. The van der Waals surface area contributed by atoms with E-state index in [1.165, 1.54) is 0 Å². The molecule has 1 atom stereocenters. The maximum Gasteiger partial charge on any atom is 0.407 e. The van der Waals surface area contributed by atoms with Crippen LogP contribution in [0.4, 0.5) is 4.79 Å². The van der Waals surface area contributed by atoms with E-state index in [4.69, 9.17) is 14.6 Å². The minimum Gasteiger partial charge on any atom is -0.480 e. The summed E-state index contributed by atoms with van der Waals surface area (Å²) in [5.41, 5.74) is 4.60. The Kier molecular flexibility index (Phi) is 8.83. The summed E-state index contributed by atoms with van der Waals surface area (Å²) in [4.78, 5) is 35.1. The summed E-state index contributed by atoms with van der Waals surface area (Å²) in [7, 11) is 0. The molecule has 0 saturated heterocycles. The number of alkyl carbamates (subject to hydrolysis) is 1. The maximum absolute atomic E-state index is 12.1. The van der Waals surface area contributed by atoms with E-state index in [1.807, 2.05) is 31.2 Å². The molecule has 1 aliphatic rings. The van der Waals surface area contributed by atoms with Gasteiger partial charge in [-0.2, -0.15) is 0 Å². The molecule has 3 N–H and O–H groups in total. The molecule has 8 heteroatoms. The molecule has 0 radical (unpaired) electrons. The standard InChI is InChI=1S/C25H30N2O6/c1-2-3-12-22(24(29)30)27-23(28)16-32-14-13-26-25(31)33-15-21-19-10-6-4-8-17(19)18-9-5-7-11-20(18)21/h4-11,21-22H,2-3,12-16H2,1H3,(H,26,31)(H,27,28)(H,29,30). The van der Waals surface area contributed by atoms with E-state index < -0.39 is 24.0 Å². The first-order valence-electron chi connectivity index (χ1n) is 11.2. The number of rotatable bonds is 12. The fourth-order valence-electron chi connectivity index (χ4n) is 3.94. The highest BCUT2D eigenvalue weighted by Crippen LogP contribution is 2.44. The van der Waals surface area contributed by atoms with Crippen LogP contribution in [0.1, 0.15) is 43.2 Å². The van der Waals surface area contributed by atoms with Gasteiger partial charge in [0.1, 0.15) is 19.3 Å². The second-order valence-corrected chi connectivity index (χ2v) is 7.91. The molecule has 0 fully saturated rings. The van der Waals surface area contributed by atoms with Crippen LogP contribution in [0.25, 0.3) is 11.1 Å². The van der Waals surface area contributed by atoms with Crippen molar-refractivity contribution in [2.75, 3.05) is 26.4 Å². The van der Waals surface area contributed by atoms with Gasteiger partial charge in [-0.3, -0.25) is 4.79 Å². The molecule has 0 heterocycles. The van der Waals surface area contributed by atoms with Gasteiger partial charge in [-0.25, -0.2) is 9.59 Å². The van der Waals surface area contributed by atoms with Crippen molar-refractivity contribution in [3.8, 4) is 11.1 Å². The third kappa shape index (κ3) is 6.55. The summed E-state index contributed by atoms with van der Waals surface area (Å²) in [6.45, 7) is 2.17. The Morgan fingerprint density at radius 2 is 1.67 bits per heavy atom. The Hall–Kier alpha value is -3.39. The number of carboxylic acids is 1. The lowest BCUT2D eigenvalue weighted by atomic mass is 9.98. The van der Waals surface area contributed by atoms with Crippen LogP contribution in [0, 0.1) is 0 Å². The number of ether oxygens (including phenoxy) is 2. The molecular weight excluding hydrogens is 424 g/mol. The molecule has 0 bridgehead atoms. The molecule has 176 valence electrons. The van der Waals surface area contributed by atoms with Crippen LogP contribution in [-0.2, 0) is 19.1 Å². The van der Waals surface area contributed by atoms with Crippen molar-refractivity contribution in [1.29, 1.82) is 0 Å². The first-order valence-corrected chi connectivity index (χ1v) is 11.2. The van der Waals surface area contributed by atoms with Gasteiger partial charge >= 0.3 is 12.1 Å². The Labute approximate surface area is 193 Å². The zero-order valence-electron chi connectivity index (χ0n) is 18.7. The number of hydrogen-bond acceptors (Lipinski definition) is 5. The number of nitrogens with one attached hydrogen (secondary N) is 2. The highest BCUT2D eigenvalue weighted by atomic mass is 16.5. The Morgan fingerprint density at radius 3 is 2.27 bits per heavy atom. The number of aliphatic carboxylic acids is 1. The molecular formula is C25H30N2O6. The summed E-state index contributed by atoms with van der Waals surface area (Å²) in [5, 5.41) is 14.2. The van der Waals surface area contributed by atoms with Crippen LogP contribution in [0.15, 0.2) is 48.5 Å². The number of carbonyl (C=O) groups is 3. The fraction of sp³-hybridized carbons (Fsp3) is 0.400. The molecule has 8 nitrogen and oxygen atoms in total. The second kappa shape index (κ2) is 12.0. The minimum atomic E-state index is -1.06. The van der Waals surface area contributed by atoms with Gasteiger partial charge in [0.25, 0.3) is 0 Å². The van der Waals surface area contributed by atoms with Gasteiger partial charge in [-0.15, -0.1) is 0 Å². The lowest BCUT2D eigenvalue weighted by molar-refractivity contribution is -0.142. The predicted octanol–water partition coefficient (Wildman–Crippen LogP) is 3.30. The largest absolute Gasteiger partial charge is 0.480 e. The van der Waals surface area contributed by atoms with Crippen molar-refractivity contribution < 1.29 is 29.0 Å². The van der Waals surface area contributed by atoms with E-state index in [2.05, 4.69) is 34.9 Å². The summed E-state index contributed by atoms with van der Waals surface area (Å²) >= 11 is 0. The number of carboxylic acid groups (broad SMARTS) is 1. The molecule has 0 aromatic heterocycles. The molecule has 2 aromatic rings. The van der Waals surface area contributed by atoms with Gasteiger partial charge in [0.2, 0.25) is 5.91 Å². The summed E-state index contributed by atoms with van der Waals surface area (Å²) in [6, 6.07) is 15.3. The van der Waals surface area contributed by atoms with Crippen molar-refractivity contribution in [3.05, 3.63) is 59.7 Å². The van der Waals surface area contributed by atoms with Crippen LogP contribution in [0.2, 0.25) is 0 Å². The van der Waals surface area contributed by atoms with Crippen LogP contribution < -0.4 is 10.6 Å². The summed E-state index contributed by atoms with van der Waals surface area (Å²) in [6.07, 6.45) is 1.37. The van der Waals surface area contributed by atoms with Crippen molar-refractivity contribution >= 4 is 18.0 Å². The van der Waals surface area contributed by atoms with Gasteiger partial charge in [0, 0.05) is 12.5 Å². The third-order valence-electron chi connectivity index (χ3n) is 5.57. The summed E-state index contributed by atoms with van der Waals surface area (Å²) < 4.78 is 10.7. The maximum atomic E-state index is 12.1. The van der Waals surface area contributed by atoms with E-state index in [0.717, 1.165) is 28.7 Å². The van der Waals surface area contributed by atoms with Crippen LogP contribution in [0.3, 0.4) is 0 Å². The van der Waals surface area contributed by atoms with Gasteiger partial charge in [-0.05, 0) is 28.7 Å². The fourth-order valence-corrected chi connectivity index (χ4v) is 3.94. The number of unbranched alkanes of at least 4 members (excludes halogenated alkanes) is 1. The van der Waals surface area contributed by atoms with E-state index in [9.17, 15) is 14.4 Å². The SMILES string of the molecule is CCCCC(NC(=O)COCCNC(=O)OCC1c2ccccc2-c2ccccc21)C(=O)O. The number of carbonyl (C=O) groups excluding carboxylic acids is 2. The number of benzene rings is 2. The molecule has 33 heavy (non-hydrogen) atoms. The van der Waals surface area contributed by atoms with Gasteiger partial charge in [-0.1, -0.05) is 68.3 Å². The Balaban J connectivity index is 1.36.